The van der Waals surface area contributed by atoms with Gasteiger partial charge >= 0.3 is 12.1 Å². The summed E-state index contributed by atoms with van der Waals surface area (Å²) in [5.41, 5.74) is 0. The van der Waals surface area contributed by atoms with Crippen LogP contribution < -0.4 is 5.32 Å². The van der Waals surface area contributed by atoms with Crippen molar-refractivity contribution >= 4 is 5.97 Å². The van der Waals surface area contributed by atoms with Crippen LogP contribution in [0.2, 0.25) is 0 Å². The molecule has 0 radical (unpaired) electrons. The zero-order chi connectivity index (χ0) is 10.8. The highest BCUT2D eigenvalue weighted by Crippen LogP contribution is 2.34. The summed E-state index contributed by atoms with van der Waals surface area (Å²) in [6, 6.07) is -1.24. The number of esters is 1. The van der Waals surface area contributed by atoms with E-state index >= 15 is 0 Å². The Bertz CT molecular complexity index is 217. The van der Waals surface area contributed by atoms with Crippen molar-refractivity contribution in [2.45, 2.75) is 25.1 Å². The Kier molecular flexibility index (Phi) is 3.36. The van der Waals surface area contributed by atoms with Gasteiger partial charge in [-0.3, -0.25) is 4.79 Å². The molecule has 1 aliphatic heterocycles. The maximum atomic E-state index is 12.4. The molecule has 2 atom stereocenters. The molecule has 0 aromatic rings. The van der Waals surface area contributed by atoms with Crippen LogP contribution in [0.4, 0.5) is 13.2 Å². The normalized spacial score (nSPS) is 28.6. The highest BCUT2D eigenvalue weighted by molar-refractivity contribution is 5.76. The number of hydrogen-bond donors (Lipinski definition) is 1. The van der Waals surface area contributed by atoms with E-state index in [1.54, 1.807) is 0 Å². The summed E-state index contributed by atoms with van der Waals surface area (Å²) >= 11 is 0. The van der Waals surface area contributed by atoms with Crippen molar-refractivity contribution in [2.24, 2.45) is 5.92 Å². The van der Waals surface area contributed by atoms with Gasteiger partial charge in [-0.1, -0.05) is 0 Å². The van der Waals surface area contributed by atoms with E-state index in [1.165, 1.54) is 0 Å². The summed E-state index contributed by atoms with van der Waals surface area (Å²) in [6.45, 7) is 0.423. The van der Waals surface area contributed by atoms with Crippen LogP contribution in [0.25, 0.3) is 0 Å². The quantitative estimate of drug-likeness (QED) is 0.660. The van der Waals surface area contributed by atoms with Gasteiger partial charge in [0.2, 0.25) is 0 Å². The molecule has 3 nitrogen and oxygen atoms in total. The van der Waals surface area contributed by atoms with Gasteiger partial charge in [-0.25, -0.2) is 0 Å². The first-order chi connectivity index (χ1) is 6.46. The predicted octanol–water partition coefficient (Wildman–Crippen LogP) is 1.09. The van der Waals surface area contributed by atoms with Gasteiger partial charge < -0.3 is 10.1 Å². The summed E-state index contributed by atoms with van der Waals surface area (Å²) in [5.74, 6) is -2.46. The third-order valence-electron chi connectivity index (χ3n) is 2.33. The van der Waals surface area contributed by atoms with Crippen LogP contribution in [0.5, 0.6) is 0 Å². The van der Waals surface area contributed by atoms with Crippen molar-refractivity contribution in [3.63, 3.8) is 0 Å². The largest absolute Gasteiger partial charge is 0.468 e. The van der Waals surface area contributed by atoms with E-state index in [9.17, 15) is 18.0 Å². The van der Waals surface area contributed by atoms with E-state index in [0.717, 1.165) is 7.11 Å². The summed E-state index contributed by atoms with van der Waals surface area (Å²) in [6.07, 6.45) is -3.93. The summed E-state index contributed by atoms with van der Waals surface area (Å²) in [5, 5.41) is 2.53. The lowest BCUT2D eigenvalue weighted by molar-refractivity contribution is -0.195. The topological polar surface area (TPSA) is 38.3 Å². The van der Waals surface area contributed by atoms with Crippen LogP contribution in [0.15, 0.2) is 0 Å². The molecular formula is C8H12F3NO2. The van der Waals surface area contributed by atoms with E-state index in [1.807, 2.05) is 0 Å². The molecule has 0 amide bonds. The fourth-order valence-corrected chi connectivity index (χ4v) is 1.62. The molecular weight excluding hydrogens is 199 g/mol. The van der Waals surface area contributed by atoms with Crippen LogP contribution >= 0.6 is 0 Å². The number of hydrogen-bond acceptors (Lipinski definition) is 3. The Hall–Kier alpha value is -0.780. The number of rotatable bonds is 1. The number of halogens is 3. The third kappa shape index (κ3) is 2.37. The predicted molar refractivity (Wildman–Crippen MR) is 42.6 cm³/mol. The minimum atomic E-state index is -4.34. The highest BCUT2D eigenvalue weighted by Gasteiger charge is 2.48. The standard InChI is InChI=1S/C8H12F3NO2/c1-14-7(13)6-5(8(9,10)11)3-2-4-12-6/h5-6,12H,2-4H2,1H3/t5-,6-/m1/s1. The fraction of sp³-hybridized carbons (Fsp3) is 0.875. The second-order valence-corrected chi connectivity index (χ2v) is 3.25. The molecule has 1 heterocycles. The molecule has 6 heteroatoms. The van der Waals surface area contributed by atoms with Gasteiger partial charge in [0.1, 0.15) is 6.04 Å². The fourth-order valence-electron chi connectivity index (χ4n) is 1.62. The SMILES string of the molecule is COC(=O)[C@@H]1NCCC[C@H]1C(F)(F)F. The molecule has 14 heavy (non-hydrogen) atoms. The molecule has 1 aliphatic rings. The smallest absolute Gasteiger partial charge is 0.393 e. The number of carbonyl (C=O) groups excluding carboxylic acids is 1. The molecule has 1 rings (SSSR count). The van der Waals surface area contributed by atoms with Crippen molar-refractivity contribution in [3.8, 4) is 0 Å². The van der Waals surface area contributed by atoms with E-state index < -0.39 is 24.1 Å². The Morgan fingerprint density at radius 2 is 2.14 bits per heavy atom. The second-order valence-electron chi connectivity index (χ2n) is 3.25. The Morgan fingerprint density at radius 3 is 2.64 bits per heavy atom. The zero-order valence-corrected chi connectivity index (χ0v) is 7.73. The van der Waals surface area contributed by atoms with Crippen LogP contribution in [0.1, 0.15) is 12.8 Å². The second kappa shape index (κ2) is 4.16. The molecule has 0 bridgehead atoms. The lowest BCUT2D eigenvalue weighted by atomic mass is 9.90. The first-order valence-electron chi connectivity index (χ1n) is 4.34. The third-order valence-corrected chi connectivity index (χ3v) is 2.33. The minimum absolute atomic E-state index is 0.0176. The van der Waals surface area contributed by atoms with Crippen molar-refractivity contribution < 1.29 is 22.7 Å². The lowest BCUT2D eigenvalue weighted by Gasteiger charge is -2.31. The molecule has 1 saturated heterocycles. The van der Waals surface area contributed by atoms with Crippen molar-refractivity contribution in [1.82, 2.24) is 5.32 Å². The maximum absolute atomic E-state index is 12.4. The van der Waals surface area contributed by atoms with E-state index in [4.69, 9.17) is 0 Å². The maximum Gasteiger partial charge on any atom is 0.393 e. The van der Waals surface area contributed by atoms with Crippen molar-refractivity contribution in [3.05, 3.63) is 0 Å². The first-order valence-corrected chi connectivity index (χ1v) is 4.34. The molecule has 0 aromatic heterocycles. The van der Waals surface area contributed by atoms with Crippen molar-refractivity contribution in [1.29, 1.82) is 0 Å². The molecule has 1 N–H and O–H groups in total. The monoisotopic (exact) mass is 211 g/mol. The Morgan fingerprint density at radius 1 is 1.50 bits per heavy atom. The number of ether oxygens (including phenoxy) is 1. The van der Waals surface area contributed by atoms with Gasteiger partial charge in [0, 0.05) is 0 Å². The molecule has 0 aromatic carbocycles. The summed E-state index contributed by atoms with van der Waals surface area (Å²) in [4.78, 5) is 11.0. The average Bonchev–Trinajstić information content (AvgIpc) is 2.15. The van der Waals surface area contributed by atoms with Crippen molar-refractivity contribution in [2.75, 3.05) is 13.7 Å². The summed E-state index contributed by atoms with van der Waals surface area (Å²) < 4.78 is 41.6. The van der Waals surface area contributed by atoms with Gasteiger partial charge in [0.05, 0.1) is 13.0 Å². The van der Waals surface area contributed by atoms with Crippen LogP contribution in [-0.2, 0) is 9.53 Å². The Balaban J connectivity index is 2.74. The lowest BCUT2D eigenvalue weighted by Crippen LogP contribution is -2.52. The molecule has 0 aliphatic carbocycles. The first kappa shape index (κ1) is 11.3. The number of carbonyl (C=O) groups is 1. The zero-order valence-electron chi connectivity index (χ0n) is 7.73. The van der Waals surface area contributed by atoms with E-state index in [-0.39, 0.29) is 6.42 Å². The van der Waals surface area contributed by atoms with Gasteiger partial charge in [-0.05, 0) is 19.4 Å². The number of nitrogens with one attached hydrogen (secondary N) is 1. The summed E-state index contributed by atoms with van der Waals surface area (Å²) in [7, 11) is 1.09. The molecule has 82 valence electrons. The van der Waals surface area contributed by atoms with Crippen LogP contribution in [0, 0.1) is 5.92 Å². The van der Waals surface area contributed by atoms with Gasteiger partial charge in [0.25, 0.3) is 0 Å². The molecule has 0 spiro atoms. The van der Waals surface area contributed by atoms with Gasteiger partial charge in [0.15, 0.2) is 0 Å². The van der Waals surface area contributed by atoms with Gasteiger partial charge in [-0.2, -0.15) is 13.2 Å². The molecule has 0 unspecified atom stereocenters. The van der Waals surface area contributed by atoms with Crippen LogP contribution in [0.3, 0.4) is 0 Å². The van der Waals surface area contributed by atoms with Crippen LogP contribution in [-0.4, -0.2) is 31.8 Å². The molecule has 0 saturated carbocycles. The van der Waals surface area contributed by atoms with E-state index in [2.05, 4.69) is 10.1 Å². The molecule has 1 fully saturated rings. The number of alkyl halides is 3. The number of methoxy groups -OCH3 is 1. The highest BCUT2D eigenvalue weighted by atomic mass is 19.4. The number of piperidine rings is 1. The van der Waals surface area contributed by atoms with E-state index in [0.29, 0.717) is 13.0 Å². The van der Waals surface area contributed by atoms with Gasteiger partial charge in [-0.15, -0.1) is 0 Å². The minimum Gasteiger partial charge on any atom is -0.468 e. The Labute approximate surface area is 79.6 Å². The average molecular weight is 211 g/mol.